The molecule has 2 aromatic carbocycles. The maximum absolute atomic E-state index is 12.2. The number of carbonyl (C=O) groups is 1. The molecule has 0 unspecified atom stereocenters. The fourth-order valence-corrected chi connectivity index (χ4v) is 3.29. The van der Waals surface area contributed by atoms with Crippen molar-refractivity contribution in [1.82, 2.24) is 10.6 Å². The Morgan fingerprint density at radius 3 is 2.72 bits per heavy atom. The highest BCUT2D eigenvalue weighted by molar-refractivity contribution is 5.97. The van der Waals surface area contributed by atoms with Crippen LogP contribution in [0.15, 0.2) is 53.5 Å². The van der Waals surface area contributed by atoms with E-state index in [1.165, 1.54) is 0 Å². The van der Waals surface area contributed by atoms with Crippen LogP contribution in [-0.4, -0.2) is 52.3 Å². The molecule has 0 fully saturated rings. The Labute approximate surface area is 171 Å². The molecular weight excluding hydrogens is 368 g/mol. The highest BCUT2D eigenvalue weighted by Crippen LogP contribution is 2.31. The Hall–Kier alpha value is -3.22. The van der Waals surface area contributed by atoms with Crippen LogP contribution in [0.4, 0.5) is 5.69 Å². The zero-order valence-electron chi connectivity index (χ0n) is 17.0. The van der Waals surface area contributed by atoms with Crippen molar-refractivity contribution in [1.29, 1.82) is 0 Å². The average molecular weight is 396 g/mol. The molecular formula is C22H28N4O3. The molecule has 2 aromatic rings. The predicted molar refractivity (Wildman–Crippen MR) is 115 cm³/mol. The van der Waals surface area contributed by atoms with Gasteiger partial charge in [0.2, 0.25) is 0 Å². The first kappa shape index (κ1) is 20.5. The molecule has 0 saturated heterocycles. The molecule has 0 radical (unpaired) electrons. The lowest BCUT2D eigenvalue weighted by atomic mass is 10.1. The summed E-state index contributed by atoms with van der Waals surface area (Å²) in [7, 11) is 3.44. The van der Waals surface area contributed by atoms with Crippen LogP contribution in [0.3, 0.4) is 0 Å². The second-order valence-electron chi connectivity index (χ2n) is 6.64. The van der Waals surface area contributed by atoms with Crippen LogP contribution in [0.1, 0.15) is 12.0 Å². The molecule has 1 aliphatic rings. The van der Waals surface area contributed by atoms with Gasteiger partial charge in [0.05, 0.1) is 12.8 Å². The van der Waals surface area contributed by atoms with E-state index in [4.69, 9.17) is 9.47 Å². The second kappa shape index (κ2) is 10.4. The van der Waals surface area contributed by atoms with Crippen LogP contribution < -0.4 is 25.0 Å². The number of aliphatic imine (C=N–C) groups is 1. The van der Waals surface area contributed by atoms with Gasteiger partial charge in [-0.2, -0.15) is 0 Å². The molecule has 0 atom stereocenters. The topological polar surface area (TPSA) is 75.2 Å². The molecule has 29 heavy (non-hydrogen) atoms. The Bertz CT molecular complexity index is 853. The molecule has 0 aromatic heterocycles. The number of carbonyl (C=O) groups excluding carboxylic acids is 1. The van der Waals surface area contributed by atoms with Crippen LogP contribution in [0.5, 0.6) is 11.5 Å². The van der Waals surface area contributed by atoms with Crippen molar-refractivity contribution in [2.75, 3.05) is 45.3 Å². The normalized spacial score (nSPS) is 13.5. The van der Waals surface area contributed by atoms with Crippen molar-refractivity contribution < 1.29 is 14.3 Å². The van der Waals surface area contributed by atoms with Gasteiger partial charge in [0.1, 0.15) is 11.5 Å². The van der Waals surface area contributed by atoms with Crippen molar-refractivity contribution in [3.8, 4) is 11.5 Å². The maximum Gasteiger partial charge on any atom is 0.265 e. The fraction of sp³-hybridized carbons (Fsp3) is 0.364. The summed E-state index contributed by atoms with van der Waals surface area (Å²) in [6.45, 7) is 2.18. The highest BCUT2D eigenvalue weighted by Gasteiger charge is 2.24. The lowest BCUT2D eigenvalue weighted by Crippen LogP contribution is -2.42. The van der Waals surface area contributed by atoms with Crippen molar-refractivity contribution >= 4 is 17.6 Å². The Morgan fingerprint density at radius 2 is 1.90 bits per heavy atom. The van der Waals surface area contributed by atoms with E-state index in [1.807, 2.05) is 42.5 Å². The van der Waals surface area contributed by atoms with Gasteiger partial charge in [0.25, 0.3) is 5.91 Å². The largest absolute Gasteiger partial charge is 0.496 e. The Balaban J connectivity index is 1.42. The number of para-hydroxylation sites is 3. The van der Waals surface area contributed by atoms with Crippen molar-refractivity contribution in [3.05, 3.63) is 54.1 Å². The molecule has 1 heterocycles. The van der Waals surface area contributed by atoms with E-state index in [0.717, 1.165) is 48.1 Å². The molecule has 0 spiro atoms. The first-order valence-electron chi connectivity index (χ1n) is 9.81. The van der Waals surface area contributed by atoms with Crippen molar-refractivity contribution in [2.45, 2.75) is 12.8 Å². The summed E-state index contributed by atoms with van der Waals surface area (Å²) in [5, 5.41) is 6.62. The summed E-state index contributed by atoms with van der Waals surface area (Å²) in [5.41, 5.74) is 1.99. The van der Waals surface area contributed by atoms with Gasteiger partial charge < -0.3 is 25.0 Å². The average Bonchev–Trinajstić information content (AvgIpc) is 2.76. The van der Waals surface area contributed by atoms with Crippen LogP contribution in [0.25, 0.3) is 0 Å². The number of rotatable bonds is 8. The number of hydrogen-bond donors (Lipinski definition) is 2. The van der Waals surface area contributed by atoms with Gasteiger partial charge in [0, 0.05) is 26.7 Å². The van der Waals surface area contributed by atoms with E-state index in [0.29, 0.717) is 13.1 Å². The molecule has 0 saturated carbocycles. The molecule has 7 nitrogen and oxygen atoms in total. The van der Waals surface area contributed by atoms with Crippen LogP contribution in [-0.2, 0) is 11.2 Å². The molecule has 2 N–H and O–H groups in total. The zero-order valence-corrected chi connectivity index (χ0v) is 17.0. The Morgan fingerprint density at radius 1 is 1.14 bits per heavy atom. The van der Waals surface area contributed by atoms with Gasteiger partial charge >= 0.3 is 0 Å². The summed E-state index contributed by atoms with van der Waals surface area (Å²) >= 11 is 0. The number of fused-ring (bicyclic) bond motifs is 1. The zero-order chi connectivity index (χ0) is 20.5. The number of methoxy groups -OCH3 is 1. The summed E-state index contributed by atoms with van der Waals surface area (Å²) in [6, 6.07) is 15.6. The minimum Gasteiger partial charge on any atom is -0.496 e. The minimum absolute atomic E-state index is 0.0111. The van der Waals surface area contributed by atoms with Gasteiger partial charge in [-0.05, 0) is 36.6 Å². The number of nitrogens with one attached hydrogen (secondary N) is 2. The van der Waals surface area contributed by atoms with Crippen LogP contribution in [0, 0.1) is 0 Å². The number of guanidine groups is 1. The van der Waals surface area contributed by atoms with Gasteiger partial charge in [-0.1, -0.05) is 30.3 Å². The van der Waals surface area contributed by atoms with Crippen molar-refractivity contribution in [3.63, 3.8) is 0 Å². The number of hydrogen-bond acceptors (Lipinski definition) is 4. The summed E-state index contributed by atoms with van der Waals surface area (Å²) in [4.78, 5) is 18.3. The maximum atomic E-state index is 12.2. The second-order valence-corrected chi connectivity index (χ2v) is 6.64. The van der Waals surface area contributed by atoms with Crippen LogP contribution >= 0.6 is 0 Å². The molecule has 1 amide bonds. The lowest BCUT2D eigenvalue weighted by molar-refractivity contribution is -0.121. The molecule has 0 aliphatic carbocycles. The first-order valence-corrected chi connectivity index (χ1v) is 9.81. The van der Waals surface area contributed by atoms with E-state index < -0.39 is 0 Å². The monoisotopic (exact) mass is 396 g/mol. The van der Waals surface area contributed by atoms with E-state index in [1.54, 1.807) is 19.1 Å². The first-order chi connectivity index (χ1) is 14.2. The molecule has 7 heteroatoms. The number of ether oxygens (including phenoxy) is 2. The quantitative estimate of drug-likeness (QED) is 0.407. The fourth-order valence-electron chi connectivity index (χ4n) is 3.29. The molecule has 3 rings (SSSR count). The Kier molecular flexibility index (Phi) is 7.33. The van der Waals surface area contributed by atoms with E-state index >= 15 is 0 Å². The van der Waals surface area contributed by atoms with E-state index in [9.17, 15) is 4.79 Å². The van der Waals surface area contributed by atoms with Crippen LogP contribution in [0.2, 0.25) is 0 Å². The SMILES string of the molecule is CN=C(NCCCN1C(=O)COc2ccccc21)NCCc1ccccc1OC. The molecule has 154 valence electrons. The third kappa shape index (κ3) is 5.40. The summed E-state index contributed by atoms with van der Waals surface area (Å²) in [6.07, 6.45) is 1.64. The predicted octanol–water partition coefficient (Wildman–Crippen LogP) is 2.22. The minimum atomic E-state index is -0.0111. The summed E-state index contributed by atoms with van der Waals surface area (Å²) < 4.78 is 10.9. The number of amides is 1. The van der Waals surface area contributed by atoms with Crippen molar-refractivity contribution in [2.24, 2.45) is 4.99 Å². The lowest BCUT2D eigenvalue weighted by Gasteiger charge is -2.29. The standard InChI is InChI=1S/C22H28N4O3/c1-23-22(25-14-12-17-8-3-5-10-19(17)28-2)24-13-7-15-26-18-9-4-6-11-20(18)29-16-21(26)27/h3-6,8-11H,7,12-16H2,1-2H3,(H2,23,24,25). The number of anilines is 1. The van der Waals surface area contributed by atoms with E-state index in [2.05, 4.69) is 21.7 Å². The van der Waals surface area contributed by atoms with Gasteiger partial charge in [-0.25, -0.2) is 0 Å². The van der Waals surface area contributed by atoms with Gasteiger partial charge in [-0.3, -0.25) is 9.79 Å². The smallest absolute Gasteiger partial charge is 0.265 e. The van der Waals surface area contributed by atoms with Gasteiger partial charge in [-0.15, -0.1) is 0 Å². The number of benzene rings is 2. The third-order valence-corrected chi connectivity index (χ3v) is 4.76. The summed E-state index contributed by atoms with van der Waals surface area (Å²) in [5.74, 6) is 2.39. The van der Waals surface area contributed by atoms with E-state index in [-0.39, 0.29) is 12.5 Å². The molecule has 1 aliphatic heterocycles. The number of nitrogens with zero attached hydrogens (tertiary/aromatic N) is 2. The highest BCUT2D eigenvalue weighted by atomic mass is 16.5. The third-order valence-electron chi connectivity index (χ3n) is 4.76. The molecule has 0 bridgehead atoms. The van der Waals surface area contributed by atoms with Gasteiger partial charge in [0.15, 0.2) is 12.6 Å².